The van der Waals surface area contributed by atoms with Gasteiger partial charge in [0.2, 0.25) is 5.91 Å². The molecule has 0 spiro atoms. The lowest BCUT2D eigenvalue weighted by Gasteiger charge is -2.35. The highest BCUT2D eigenvalue weighted by molar-refractivity contribution is 5.86. The van der Waals surface area contributed by atoms with Gasteiger partial charge in [-0.05, 0) is 26.9 Å². The number of rotatable bonds is 3. The standard InChI is InChI=1S/C11H19N2O/c1-4-5-11(14)13-8-6-10(7-9-13)12(2)3/h4-5,10H,1,6-9H2,2-3H3. The summed E-state index contributed by atoms with van der Waals surface area (Å²) in [6, 6.07) is 0.628. The fraction of sp³-hybridized carbons (Fsp3) is 0.636. The summed E-state index contributed by atoms with van der Waals surface area (Å²) in [4.78, 5) is 15.6. The summed E-state index contributed by atoms with van der Waals surface area (Å²) in [6.45, 7) is 5.26. The highest BCUT2D eigenvalue weighted by Crippen LogP contribution is 2.14. The van der Waals surface area contributed by atoms with Crippen molar-refractivity contribution < 1.29 is 4.79 Å². The van der Waals surface area contributed by atoms with Crippen molar-refractivity contribution in [3.63, 3.8) is 0 Å². The average molecular weight is 195 g/mol. The molecular formula is C11H19N2O. The summed E-state index contributed by atoms with van der Waals surface area (Å²) in [5, 5.41) is 0. The molecule has 0 unspecified atom stereocenters. The normalized spacial score (nSPS) is 18.6. The minimum absolute atomic E-state index is 0.0946. The van der Waals surface area contributed by atoms with Crippen LogP contribution in [0.5, 0.6) is 0 Å². The van der Waals surface area contributed by atoms with Crippen LogP contribution in [0, 0.1) is 6.42 Å². The van der Waals surface area contributed by atoms with Crippen LogP contribution in [-0.4, -0.2) is 48.9 Å². The largest absolute Gasteiger partial charge is 0.342 e. The van der Waals surface area contributed by atoms with Gasteiger partial charge < -0.3 is 9.80 Å². The van der Waals surface area contributed by atoms with E-state index >= 15 is 0 Å². The molecule has 0 atom stereocenters. The molecule has 3 heteroatoms. The monoisotopic (exact) mass is 195 g/mol. The van der Waals surface area contributed by atoms with Gasteiger partial charge in [-0.1, -0.05) is 6.08 Å². The van der Waals surface area contributed by atoms with Crippen molar-refractivity contribution in [3.05, 3.63) is 19.1 Å². The van der Waals surface area contributed by atoms with Gasteiger partial charge in [-0.15, -0.1) is 6.58 Å². The van der Waals surface area contributed by atoms with Crippen LogP contribution < -0.4 is 0 Å². The van der Waals surface area contributed by atoms with Crippen molar-refractivity contribution in [2.75, 3.05) is 27.2 Å². The number of nitrogens with zero attached hydrogens (tertiary/aromatic N) is 2. The number of hydrogen-bond donors (Lipinski definition) is 0. The summed E-state index contributed by atoms with van der Waals surface area (Å²) >= 11 is 0. The second-order valence-corrected chi connectivity index (χ2v) is 3.92. The maximum absolute atomic E-state index is 11.5. The van der Waals surface area contributed by atoms with E-state index in [9.17, 15) is 4.79 Å². The van der Waals surface area contributed by atoms with Gasteiger partial charge in [0.05, 0.1) is 6.42 Å². The second-order valence-electron chi connectivity index (χ2n) is 3.92. The van der Waals surface area contributed by atoms with E-state index in [-0.39, 0.29) is 5.91 Å². The molecule has 1 radical (unpaired) electrons. The average Bonchev–Trinajstić information content (AvgIpc) is 2.18. The Labute approximate surface area is 86.4 Å². The third-order valence-corrected chi connectivity index (χ3v) is 2.77. The molecule has 1 amide bonds. The van der Waals surface area contributed by atoms with Crippen molar-refractivity contribution >= 4 is 5.91 Å². The first-order valence-electron chi connectivity index (χ1n) is 5.06. The van der Waals surface area contributed by atoms with Crippen LogP contribution in [-0.2, 0) is 4.79 Å². The lowest BCUT2D eigenvalue weighted by Crippen LogP contribution is -2.44. The minimum atomic E-state index is 0.0946. The molecule has 1 fully saturated rings. The van der Waals surface area contributed by atoms with Crippen LogP contribution in [0.4, 0.5) is 0 Å². The van der Waals surface area contributed by atoms with Gasteiger partial charge in [0.1, 0.15) is 0 Å². The molecule has 1 aliphatic heterocycles. The molecule has 0 aromatic rings. The molecule has 1 aliphatic rings. The minimum Gasteiger partial charge on any atom is -0.342 e. The Kier molecular flexibility index (Phi) is 4.14. The Balaban J connectivity index is 2.35. The molecule has 1 rings (SSSR count). The van der Waals surface area contributed by atoms with E-state index in [2.05, 4.69) is 25.6 Å². The van der Waals surface area contributed by atoms with E-state index in [0.29, 0.717) is 6.04 Å². The van der Waals surface area contributed by atoms with Crippen LogP contribution in [0.1, 0.15) is 12.8 Å². The van der Waals surface area contributed by atoms with E-state index in [4.69, 9.17) is 0 Å². The van der Waals surface area contributed by atoms with Crippen molar-refractivity contribution in [2.24, 2.45) is 0 Å². The fourth-order valence-corrected chi connectivity index (χ4v) is 1.81. The first-order chi connectivity index (χ1) is 6.65. The number of carbonyl (C=O) groups is 1. The zero-order valence-electron chi connectivity index (χ0n) is 9.07. The van der Waals surface area contributed by atoms with E-state index in [0.717, 1.165) is 25.9 Å². The van der Waals surface area contributed by atoms with Crippen LogP contribution in [0.3, 0.4) is 0 Å². The molecule has 1 saturated heterocycles. The predicted octanol–water partition coefficient (Wildman–Crippen LogP) is 0.929. The van der Waals surface area contributed by atoms with Gasteiger partial charge in [0, 0.05) is 19.1 Å². The van der Waals surface area contributed by atoms with Crippen LogP contribution in [0.25, 0.3) is 0 Å². The highest BCUT2D eigenvalue weighted by atomic mass is 16.2. The summed E-state index contributed by atoms with van der Waals surface area (Å²) in [5.41, 5.74) is 0. The van der Waals surface area contributed by atoms with Crippen molar-refractivity contribution in [2.45, 2.75) is 18.9 Å². The molecule has 0 N–H and O–H groups in total. The van der Waals surface area contributed by atoms with E-state index in [1.54, 1.807) is 6.08 Å². The summed E-state index contributed by atoms with van der Waals surface area (Å²) in [6.07, 6.45) is 5.24. The molecule has 0 saturated carbocycles. The first kappa shape index (κ1) is 11.2. The highest BCUT2D eigenvalue weighted by Gasteiger charge is 2.22. The smallest absolute Gasteiger partial charge is 0.230 e. The molecule has 3 nitrogen and oxygen atoms in total. The lowest BCUT2D eigenvalue weighted by atomic mass is 10.0. The topological polar surface area (TPSA) is 23.6 Å². The maximum Gasteiger partial charge on any atom is 0.230 e. The Hall–Kier alpha value is -0.830. The van der Waals surface area contributed by atoms with Gasteiger partial charge in [-0.25, -0.2) is 0 Å². The Morgan fingerprint density at radius 2 is 2.00 bits per heavy atom. The molecule has 0 bridgehead atoms. The van der Waals surface area contributed by atoms with Crippen LogP contribution in [0.15, 0.2) is 12.7 Å². The van der Waals surface area contributed by atoms with Crippen molar-refractivity contribution in [1.29, 1.82) is 0 Å². The molecule has 1 heterocycles. The first-order valence-corrected chi connectivity index (χ1v) is 5.06. The van der Waals surface area contributed by atoms with Gasteiger partial charge in [-0.3, -0.25) is 4.79 Å². The van der Waals surface area contributed by atoms with Crippen LogP contribution in [0.2, 0.25) is 0 Å². The van der Waals surface area contributed by atoms with Gasteiger partial charge in [0.25, 0.3) is 0 Å². The lowest BCUT2D eigenvalue weighted by molar-refractivity contribution is -0.128. The SMILES string of the molecule is C=C[CH]C(=O)N1CCC(N(C)C)CC1. The Morgan fingerprint density at radius 1 is 1.43 bits per heavy atom. The molecule has 0 aliphatic carbocycles. The van der Waals surface area contributed by atoms with Crippen LogP contribution >= 0.6 is 0 Å². The van der Waals surface area contributed by atoms with Gasteiger partial charge >= 0.3 is 0 Å². The number of likely N-dealkylation sites (tertiary alicyclic amines) is 1. The Bertz CT molecular complexity index is 205. The number of piperidine rings is 1. The van der Waals surface area contributed by atoms with E-state index in [1.807, 2.05) is 4.90 Å². The number of amides is 1. The maximum atomic E-state index is 11.5. The van der Waals surface area contributed by atoms with E-state index in [1.165, 1.54) is 6.42 Å². The molecular weight excluding hydrogens is 176 g/mol. The van der Waals surface area contributed by atoms with Gasteiger partial charge in [-0.2, -0.15) is 0 Å². The molecule has 0 aromatic carbocycles. The quantitative estimate of drug-likeness (QED) is 0.669. The van der Waals surface area contributed by atoms with Crippen molar-refractivity contribution in [1.82, 2.24) is 9.80 Å². The molecule has 0 aromatic heterocycles. The van der Waals surface area contributed by atoms with Gasteiger partial charge in [0.15, 0.2) is 0 Å². The number of hydrogen-bond acceptors (Lipinski definition) is 2. The third-order valence-electron chi connectivity index (χ3n) is 2.77. The second kappa shape index (κ2) is 5.15. The fourth-order valence-electron chi connectivity index (χ4n) is 1.81. The zero-order chi connectivity index (χ0) is 10.6. The number of carbonyl (C=O) groups excluding carboxylic acids is 1. The predicted molar refractivity (Wildman–Crippen MR) is 57.8 cm³/mol. The molecule has 79 valence electrons. The summed E-state index contributed by atoms with van der Waals surface area (Å²) in [5.74, 6) is 0.0946. The third kappa shape index (κ3) is 2.84. The summed E-state index contributed by atoms with van der Waals surface area (Å²) < 4.78 is 0. The molecule has 14 heavy (non-hydrogen) atoms. The van der Waals surface area contributed by atoms with Crippen molar-refractivity contribution in [3.8, 4) is 0 Å². The summed E-state index contributed by atoms with van der Waals surface area (Å²) in [7, 11) is 4.19. The Morgan fingerprint density at radius 3 is 2.43 bits per heavy atom. The zero-order valence-corrected chi connectivity index (χ0v) is 9.07. The van der Waals surface area contributed by atoms with E-state index < -0.39 is 0 Å².